The van der Waals surface area contributed by atoms with Crippen LogP contribution in [0.4, 0.5) is 4.39 Å². The van der Waals surface area contributed by atoms with E-state index in [1.165, 1.54) is 23.4 Å². The summed E-state index contributed by atoms with van der Waals surface area (Å²) >= 11 is 0. The van der Waals surface area contributed by atoms with Gasteiger partial charge in [-0.25, -0.2) is 4.39 Å². The zero-order valence-electron chi connectivity index (χ0n) is 14.6. The van der Waals surface area contributed by atoms with Crippen molar-refractivity contribution in [3.63, 3.8) is 0 Å². The van der Waals surface area contributed by atoms with E-state index < -0.39 is 0 Å². The summed E-state index contributed by atoms with van der Waals surface area (Å²) in [7, 11) is 2.13. The first-order chi connectivity index (χ1) is 12.0. The Bertz CT molecular complexity index is 956. The van der Waals surface area contributed by atoms with Crippen molar-refractivity contribution in [2.24, 2.45) is 0 Å². The molecule has 4 rings (SSSR count). The van der Waals surface area contributed by atoms with Crippen LogP contribution in [-0.4, -0.2) is 28.8 Å². The maximum atomic E-state index is 13.2. The molecule has 0 spiro atoms. The molecule has 0 aliphatic carbocycles. The zero-order chi connectivity index (χ0) is 17.6. The van der Waals surface area contributed by atoms with Gasteiger partial charge in [-0.15, -0.1) is 0 Å². The predicted octanol–water partition coefficient (Wildman–Crippen LogP) is 4.02. The van der Waals surface area contributed by atoms with E-state index in [1.807, 2.05) is 30.3 Å². The summed E-state index contributed by atoms with van der Waals surface area (Å²) < 4.78 is 15.5. The van der Waals surface area contributed by atoms with Crippen LogP contribution in [0.1, 0.15) is 34.1 Å². The summed E-state index contributed by atoms with van der Waals surface area (Å²) in [6.45, 7) is 4.24. The number of nitrogens with zero attached hydrogens (tertiary/aromatic N) is 2. The average molecular weight is 336 g/mol. The van der Waals surface area contributed by atoms with Crippen molar-refractivity contribution >= 4 is 16.7 Å². The second-order valence-electron chi connectivity index (χ2n) is 6.91. The molecule has 128 valence electrons. The molecule has 2 aromatic carbocycles. The molecule has 1 aliphatic rings. The fourth-order valence-electron chi connectivity index (χ4n) is 3.76. The van der Waals surface area contributed by atoms with Crippen LogP contribution in [0.25, 0.3) is 10.9 Å². The van der Waals surface area contributed by atoms with Gasteiger partial charge in [0.25, 0.3) is 0 Å². The lowest BCUT2D eigenvalue weighted by Gasteiger charge is -2.24. The Kier molecular flexibility index (Phi) is 3.92. The first kappa shape index (κ1) is 16.0. The van der Waals surface area contributed by atoms with Gasteiger partial charge in [-0.1, -0.05) is 12.1 Å². The third-order valence-corrected chi connectivity index (χ3v) is 5.11. The van der Waals surface area contributed by atoms with Gasteiger partial charge in [-0.3, -0.25) is 4.79 Å². The molecule has 0 radical (unpaired) electrons. The molecule has 0 saturated heterocycles. The fraction of sp³-hybridized carbons (Fsp3) is 0.286. The van der Waals surface area contributed by atoms with Crippen molar-refractivity contribution in [2.45, 2.75) is 26.4 Å². The number of fused-ring (bicyclic) bond motifs is 3. The molecule has 0 N–H and O–H groups in total. The Labute approximate surface area is 146 Å². The van der Waals surface area contributed by atoms with Crippen LogP contribution in [0, 0.1) is 5.82 Å². The molecule has 0 amide bonds. The lowest BCUT2D eigenvalue weighted by atomic mass is 10.0. The van der Waals surface area contributed by atoms with Crippen molar-refractivity contribution in [1.29, 1.82) is 0 Å². The normalized spacial score (nSPS) is 14.7. The van der Waals surface area contributed by atoms with Crippen molar-refractivity contribution in [1.82, 2.24) is 9.47 Å². The fourth-order valence-corrected chi connectivity index (χ4v) is 3.76. The van der Waals surface area contributed by atoms with Crippen LogP contribution in [0.15, 0.2) is 42.5 Å². The van der Waals surface area contributed by atoms with E-state index in [-0.39, 0.29) is 11.6 Å². The molecular formula is C21H21FN2O. The second-order valence-corrected chi connectivity index (χ2v) is 6.91. The SMILES string of the molecule is CC(=O)c1ccc2c(c1)c1c(n2Cc2ccc(F)cc2)CCN(C)C1. The van der Waals surface area contributed by atoms with Crippen molar-refractivity contribution < 1.29 is 9.18 Å². The number of ketones is 1. The Morgan fingerprint density at radius 3 is 2.64 bits per heavy atom. The molecule has 0 fully saturated rings. The average Bonchev–Trinajstić information content (AvgIpc) is 2.89. The maximum Gasteiger partial charge on any atom is 0.159 e. The quantitative estimate of drug-likeness (QED) is 0.675. The highest BCUT2D eigenvalue weighted by Crippen LogP contribution is 2.32. The van der Waals surface area contributed by atoms with Gasteiger partial charge in [0.05, 0.1) is 0 Å². The molecule has 0 saturated carbocycles. The molecule has 2 heterocycles. The summed E-state index contributed by atoms with van der Waals surface area (Å²) in [6, 6.07) is 12.7. The summed E-state index contributed by atoms with van der Waals surface area (Å²) in [5.74, 6) is -0.123. The molecule has 4 heteroatoms. The minimum Gasteiger partial charge on any atom is -0.340 e. The lowest BCUT2D eigenvalue weighted by molar-refractivity contribution is 0.101. The second kappa shape index (κ2) is 6.12. The van der Waals surface area contributed by atoms with Crippen molar-refractivity contribution in [2.75, 3.05) is 13.6 Å². The predicted molar refractivity (Wildman–Crippen MR) is 97.5 cm³/mol. The van der Waals surface area contributed by atoms with E-state index in [1.54, 1.807) is 6.92 Å². The topological polar surface area (TPSA) is 25.2 Å². The number of hydrogen-bond donors (Lipinski definition) is 0. The summed E-state index contributed by atoms with van der Waals surface area (Å²) in [4.78, 5) is 14.1. The number of carbonyl (C=O) groups is 1. The first-order valence-electron chi connectivity index (χ1n) is 8.61. The third-order valence-electron chi connectivity index (χ3n) is 5.11. The molecule has 0 bridgehead atoms. The van der Waals surface area contributed by atoms with Crippen LogP contribution >= 0.6 is 0 Å². The Hall–Kier alpha value is -2.46. The van der Waals surface area contributed by atoms with Gasteiger partial charge in [0.2, 0.25) is 0 Å². The van der Waals surface area contributed by atoms with Crippen LogP contribution < -0.4 is 0 Å². The molecule has 1 aromatic heterocycles. The summed E-state index contributed by atoms with van der Waals surface area (Å²) in [5.41, 5.74) is 5.62. The van der Waals surface area contributed by atoms with Gasteiger partial charge in [0, 0.05) is 48.2 Å². The highest BCUT2D eigenvalue weighted by Gasteiger charge is 2.23. The molecule has 3 nitrogen and oxygen atoms in total. The van der Waals surface area contributed by atoms with E-state index in [0.717, 1.165) is 48.1 Å². The summed E-state index contributed by atoms with van der Waals surface area (Å²) in [5, 5.41) is 1.16. The highest BCUT2D eigenvalue weighted by molar-refractivity contribution is 5.99. The third kappa shape index (κ3) is 2.87. The van der Waals surface area contributed by atoms with E-state index in [2.05, 4.69) is 16.5 Å². The monoisotopic (exact) mass is 336 g/mol. The Morgan fingerprint density at radius 1 is 1.16 bits per heavy atom. The number of hydrogen-bond acceptors (Lipinski definition) is 2. The standard InChI is InChI=1S/C21H21FN2O/c1-14(25)16-5-8-20-18(11-16)19-13-23(2)10-9-21(19)24(20)12-15-3-6-17(22)7-4-15/h3-8,11H,9-10,12-13H2,1-2H3. The van der Waals surface area contributed by atoms with E-state index >= 15 is 0 Å². The van der Waals surface area contributed by atoms with Gasteiger partial charge in [-0.05, 0) is 55.4 Å². The van der Waals surface area contributed by atoms with Gasteiger partial charge >= 0.3 is 0 Å². The van der Waals surface area contributed by atoms with Gasteiger partial charge in [0.15, 0.2) is 5.78 Å². The van der Waals surface area contributed by atoms with Crippen LogP contribution in [0.3, 0.4) is 0 Å². The zero-order valence-corrected chi connectivity index (χ0v) is 14.6. The van der Waals surface area contributed by atoms with Gasteiger partial charge < -0.3 is 9.47 Å². The molecule has 0 atom stereocenters. The van der Waals surface area contributed by atoms with Crippen LogP contribution in [-0.2, 0) is 19.5 Å². The molecular weight excluding hydrogens is 315 g/mol. The van der Waals surface area contributed by atoms with Gasteiger partial charge in [0.1, 0.15) is 5.82 Å². The molecule has 1 aliphatic heterocycles. The number of aromatic nitrogens is 1. The minimum absolute atomic E-state index is 0.0890. The Morgan fingerprint density at radius 2 is 1.92 bits per heavy atom. The van der Waals surface area contributed by atoms with Crippen molar-refractivity contribution in [3.8, 4) is 0 Å². The molecule has 25 heavy (non-hydrogen) atoms. The molecule has 3 aromatic rings. The van der Waals surface area contributed by atoms with E-state index in [0.29, 0.717) is 0 Å². The van der Waals surface area contributed by atoms with Crippen LogP contribution in [0.5, 0.6) is 0 Å². The van der Waals surface area contributed by atoms with Crippen molar-refractivity contribution in [3.05, 3.63) is 70.7 Å². The first-order valence-corrected chi connectivity index (χ1v) is 8.61. The number of benzene rings is 2. The van der Waals surface area contributed by atoms with Gasteiger partial charge in [-0.2, -0.15) is 0 Å². The number of halogens is 1. The number of likely N-dealkylation sites (N-methyl/N-ethyl adjacent to an activating group) is 1. The largest absolute Gasteiger partial charge is 0.340 e. The smallest absolute Gasteiger partial charge is 0.159 e. The number of Topliss-reactive ketones (excluding diaryl/α,β-unsaturated/α-hetero) is 1. The minimum atomic E-state index is -0.212. The summed E-state index contributed by atoms with van der Waals surface area (Å²) in [6.07, 6.45) is 0.983. The number of rotatable bonds is 3. The molecule has 0 unspecified atom stereocenters. The van der Waals surface area contributed by atoms with E-state index in [9.17, 15) is 9.18 Å². The Balaban J connectivity index is 1.88. The highest BCUT2D eigenvalue weighted by atomic mass is 19.1. The maximum absolute atomic E-state index is 13.2. The lowest BCUT2D eigenvalue weighted by Crippen LogP contribution is -2.27. The van der Waals surface area contributed by atoms with E-state index in [4.69, 9.17) is 0 Å². The number of carbonyl (C=O) groups excluding carboxylic acids is 1. The van der Waals surface area contributed by atoms with Crippen LogP contribution in [0.2, 0.25) is 0 Å².